The first-order chi connectivity index (χ1) is 16.0. The van der Waals surface area contributed by atoms with Gasteiger partial charge in [0.25, 0.3) is 0 Å². The van der Waals surface area contributed by atoms with Crippen molar-refractivity contribution in [1.82, 2.24) is 0 Å². The van der Waals surface area contributed by atoms with Gasteiger partial charge < -0.3 is 0 Å². The van der Waals surface area contributed by atoms with Gasteiger partial charge in [0.15, 0.2) is 30.9 Å². The minimum atomic E-state index is -4.32. The third kappa shape index (κ3) is 2.66. The highest BCUT2D eigenvalue weighted by atomic mass is 32.2. The molecule has 4 nitrogen and oxygen atoms in total. The molecule has 0 unspecified atom stereocenters. The standard InChI is InChI=1S/C28H20O4S/c29-25(21-13-5-1-6-14-21)27(23-17-9-3-10-18-23)28(33(27,31)32,24-19-11-4-12-20-24)26(30)22-15-7-2-8-16-22/h1-20H/t27-,28-/m0/s1. The van der Waals surface area contributed by atoms with Crippen LogP contribution in [-0.2, 0) is 19.3 Å². The molecule has 0 aromatic heterocycles. The van der Waals surface area contributed by atoms with Crippen molar-refractivity contribution in [2.75, 3.05) is 0 Å². The zero-order valence-corrected chi connectivity index (χ0v) is 18.4. The molecule has 0 amide bonds. The van der Waals surface area contributed by atoms with Crippen molar-refractivity contribution >= 4 is 21.4 Å². The van der Waals surface area contributed by atoms with Crippen molar-refractivity contribution in [3.63, 3.8) is 0 Å². The van der Waals surface area contributed by atoms with E-state index in [-0.39, 0.29) is 22.3 Å². The Labute approximate surface area is 192 Å². The van der Waals surface area contributed by atoms with Crippen LogP contribution in [0.5, 0.6) is 0 Å². The van der Waals surface area contributed by atoms with E-state index in [1.807, 2.05) is 0 Å². The minimum Gasteiger partial charge on any atom is -0.292 e. The predicted molar refractivity (Wildman–Crippen MR) is 127 cm³/mol. The highest BCUT2D eigenvalue weighted by Gasteiger charge is 2.91. The van der Waals surface area contributed by atoms with Crippen LogP contribution in [0.1, 0.15) is 31.8 Å². The number of ketones is 2. The minimum absolute atomic E-state index is 0.239. The van der Waals surface area contributed by atoms with Crippen LogP contribution < -0.4 is 0 Å². The van der Waals surface area contributed by atoms with Crippen molar-refractivity contribution in [3.8, 4) is 0 Å². The summed E-state index contributed by atoms with van der Waals surface area (Å²) in [4.78, 5) is 28.3. The van der Waals surface area contributed by atoms with Crippen molar-refractivity contribution in [3.05, 3.63) is 144 Å². The molecule has 2 atom stereocenters. The number of Topliss-reactive ketones (excluding diaryl/α,β-unsaturated/α-hetero) is 2. The Morgan fingerprint density at radius 2 is 0.727 bits per heavy atom. The first kappa shape index (κ1) is 21.0. The van der Waals surface area contributed by atoms with Gasteiger partial charge in [-0.2, -0.15) is 0 Å². The number of carbonyl (C=O) groups is 2. The molecule has 4 aromatic carbocycles. The lowest BCUT2D eigenvalue weighted by molar-refractivity contribution is 0.0865. The summed E-state index contributed by atoms with van der Waals surface area (Å²) >= 11 is 0. The van der Waals surface area contributed by atoms with E-state index in [0.717, 1.165) is 0 Å². The Morgan fingerprint density at radius 1 is 0.455 bits per heavy atom. The molecule has 162 valence electrons. The zero-order valence-electron chi connectivity index (χ0n) is 17.6. The molecule has 1 aliphatic heterocycles. The van der Waals surface area contributed by atoms with Crippen LogP contribution in [0.3, 0.4) is 0 Å². The van der Waals surface area contributed by atoms with Crippen LogP contribution >= 0.6 is 0 Å². The van der Waals surface area contributed by atoms with E-state index in [9.17, 15) is 18.0 Å². The van der Waals surface area contributed by atoms with E-state index in [0.29, 0.717) is 0 Å². The fourth-order valence-electron chi connectivity index (χ4n) is 4.88. The predicted octanol–water partition coefficient (Wildman–Crippen LogP) is 4.97. The van der Waals surface area contributed by atoms with E-state index >= 15 is 0 Å². The highest BCUT2D eigenvalue weighted by Crippen LogP contribution is 2.71. The normalized spacial score (nSPS) is 22.9. The van der Waals surface area contributed by atoms with Gasteiger partial charge in [-0.1, -0.05) is 121 Å². The van der Waals surface area contributed by atoms with Crippen molar-refractivity contribution in [1.29, 1.82) is 0 Å². The summed E-state index contributed by atoms with van der Waals surface area (Å²) in [6.07, 6.45) is 0. The smallest absolute Gasteiger partial charge is 0.192 e. The Balaban J connectivity index is 1.89. The molecule has 1 fully saturated rings. The highest BCUT2D eigenvalue weighted by molar-refractivity contribution is 8.03. The summed E-state index contributed by atoms with van der Waals surface area (Å²) in [7, 11) is -4.32. The second-order valence-corrected chi connectivity index (χ2v) is 10.2. The topological polar surface area (TPSA) is 68.3 Å². The molecule has 0 aliphatic carbocycles. The van der Waals surface area contributed by atoms with Crippen LogP contribution in [0.4, 0.5) is 0 Å². The van der Waals surface area contributed by atoms with Gasteiger partial charge in [0.1, 0.15) is 0 Å². The monoisotopic (exact) mass is 452 g/mol. The second-order valence-electron chi connectivity index (χ2n) is 7.99. The molecule has 0 bridgehead atoms. The Kier molecular flexibility index (Phi) is 4.87. The SMILES string of the molecule is O=C(c1ccccc1)[C@@]1(c2ccccc2)[C@@](C(=O)c2ccccc2)(c2ccccc2)S1(=O)=O. The molecular weight excluding hydrogens is 432 g/mol. The summed E-state index contributed by atoms with van der Waals surface area (Å²) < 4.78 is 24.3. The van der Waals surface area contributed by atoms with Crippen molar-refractivity contribution < 1.29 is 18.0 Å². The van der Waals surface area contributed by atoms with Gasteiger partial charge in [-0.15, -0.1) is 0 Å². The number of hydrogen-bond acceptors (Lipinski definition) is 4. The van der Waals surface area contributed by atoms with Crippen LogP contribution in [-0.4, -0.2) is 20.0 Å². The molecule has 1 aliphatic rings. The Morgan fingerprint density at radius 3 is 1.03 bits per heavy atom. The van der Waals surface area contributed by atoms with E-state index in [4.69, 9.17) is 0 Å². The maximum Gasteiger partial charge on any atom is 0.192 e. The molecule has 1 heterocycles. The molecule has 33 heavy (non-hydrogen) atoms. The third-order valence-electron chi connectivity index (χ3n) is 6.33. The third-order valence-corrected chi connectivity index (χ3v) is 9.20. The summed E-state index contributed by atoms with van der Waals surface area (Å²) in [5.41, 5.74) is 1.05. The van der Waals surface area contributed by atoms with E-state index < -0.39 is 30.9 Å². The Bertz CT molecular complexity index is 1330. The largest absolute Gasteiger partial charge is 0.292 e. The molecule has 0 N–H and O–H groups in total. The molecule has 5 heteroatoms. The van der Waals surface area contributed by atoms with Crippen molar-refractivity contribution in [2.45, 2.75) is 9.49 Å². The van der Waals surface area contributed by atoms with Gasteiger partial charge in [0.05, 0.1) is 0 Å². The quantitative estimate of drug-likeness (QED) is 0.306. The zero-order chi connectivity index (χ0) is 23.1. The Hall–Kier alpha value is -3.83. The summed E-state index contributed by atoms with van der Waals surface area (Å²) in [6.45, 7) is 0. The maximum atomic E-state index is 14.2. The molecule has 0 saturated carbocycles. The number of benzene rings is 4. The van der Waals surface area contributed by atoms with Gasteiger partial charge in [-0.05, 0) is 11.1 Å². The van der Waals surface area contributed by atoms with Crippen molar-refractivity contribution in [2.24, 2.45) is 0 Å². The van der Waals surface area contributed by atoms with Crippen LogP contribution in [0, 0.1) is 0 Å². The molecule has 4 aromatic rings. The number of sulfone groups is 1. The first-order valence-electron chi connectivity index (χ1n) is 10.5. The van der Waals surface area contributed by atoms with Gasteiger partial charge in [-0.25, -0.2) is 8.42 Å². The molecule has 1 saturated heterocycles. The fraction of sp³-hybridized carbons (Fsp3) is 0.0714. The lowest BCUT2D eigenvalue weighted by Crippen LogP contribution is -2.36. The second kappa shape index (κ2) is 7.64. The number of hydrogen-bond donors (Lipinski definition) is 0. The van der Waals surface area contributed by atoms with E-state index in [2.05, 4.69) is 0 Å². The van der Waals surface area contributed by atoms with Gasteiger partial charge in [-0.3, -0.25) is 9.59 Å². The average molecular weight is 453 g/mol. The molecule has 0 spiro atoms. The molecule has 5 rings (SSSR count). The summed E-state index contributed by atoms with van der Waals surface area (Å²) in [6, 6.07) is 33.3. The van der Waals surface area contributed by atoms with Gasteiger partial charge in [0.2, 0.25) is 0 Å². The van der Waals surface area contributed by atoms with Crippen LogP contribution in [0.15, 0.2) is 121 Å². The summed E-state index contributed by atoms with van der Waals surface area (Å²) in [5, 5.41) is 0. The first-order valence-corrected chi connectivity index (χ1v) is 12.0. The van der Waals surface area contributed by atoms with Crippen LogP contribution in [0.2, 0.25) is 0 Å². The number of carbonyl (C=O) groups excluding carboxylic acids is 2. The number of rotatable bonds is 6. The van der Waals surface area contributed by atoms with E-state index in [1.165, 1.54) is 0 Å². The molecule has 0 radical (unpaired) electrons. The summed E-state index contributed by atoms with van der Waals surface area (Å²) in [5.74, 6) is -1.22. The fourth-order valence-corrected chi connectivity index (χ4v) is 7.93. The van der Waals surface area contributed by atoms with Gasteiger partial charge >= 0.3 is 0 Å². The molecular formula is C28H20O4S. The average Bonchev–Trinajstić information content (AvgIpc) is 3.36. The maximum absolute atomic E-state index is 14.2. The van der Waals surface area contributed by atoms with Crippen LogP contribution in [0.25, 0.3) is 0 Å². The van der Waals surface area contributed by atoms with E-state index in [1.54, 1.807) is 121 Å². The van der Waals surface area contributed by atoms with Gasteiger partial charge in [0, 0.05) is 11.1 Å². The lowest BCUT2D eigenvalue weighted by atomic mass is 9.73. The lowest BCUT2D eigenvalue weighted by Gasteiger charge is -2.21.